The molecule has 3 heteroatoms. The van der Waals surface area contributed by atoms with E-state index in [1.54, 1.807) is 6.07 Å². The summed E-state index contributed by atoms with van der Waals surface area (Å²) in [5.41, 5.74) is 8.94. The van der Waals surface area contributed by atoms with Gasteiger partial charge in [0.15, 0.2) is 0 Å². The number of allylic oxidation sites excluding steroid dienone is 1. The number of halogens is 2. The molecule has 0 bridgehead atoms. The van der Waals surface area contributed by atoms with Crippen LogP contribution in [0.15, 0.2) is 24.3 Å². The van der Waals surface area contributed by atoms with Crippen molar-refractivity contribution in [3.05, 3.63) is 41.2 Å². The van der Waals surface area contributed by atoms with E-state index in [9.17, 15) is 4.39 Å². The predicted octanol–water partition coefficient (Wildman–Crippen LogP) is 2.54. The van der Waals surface area contributed by atoms with Gasteiger partial charge in [-0.25, -0.2) is 4.39 Å². The maximum atomic E-state index is 12.9. The van der Waals surface area contributed by atoms with Crippen molar-refractivity contribution in [1.29, 1.82) is 0 Å². The van der Waals surface area contributed by atoms with Gasteiger partial charge in [-0.3, -0.25) is 0 Å². The van der Waals surface area contributed by atoms with E-state index in [1.807, 2.05) is 6.07 Å². The van der Waals surface area contributed by atoms with E-state index in [0.29, 0.717) is 6.54 Å². The quantitative estimate of drug-likeness (QED) is 0.763. The van der Waals surface area contributed by atoms with Crippen molar-refractivity contribution in [1.82, 2.24) is 0 Å². The van der Waals surface area contributed by atoms with E-state index in [2.05, 4.69) is 6.08 Å². The number of hydrogen-bond donors (Lipinski definition) is 1. The Labute approximate surface area is 89.2 Å². The Balaban J connectivity index is 0.000000980. The van der Waals surface area contributed by atoms with E-state index in [0.717, 1.165) is 29.5 Å². The molecule has 2 N–H and O–H groups in total. The summed E-state index contributed by atoms with van der Waals surface area (Å²) >= 11 is 0. The number of benzene rings is 1. The molecular formula is C11H13ClFN. The molecule has 0 saturated heterocycles. The number of rotatable bonds is 1. The van der Waals surface area contributed by atoms with E-state index >= 15 is 0 Å². The number of fused-ring (bicyclic) bond motifs is 1. The molecule has 1 nitrogen and oxygen atoms in total. The Bertz CT molecular complexity index is 360. The minimum Gasteiger partial charge on any atom is -0.326 e. The number of nitrogens with two attached hydrogens (primary N) is 1. The second kappa shape index (κ2) is 4.58. The molecule has 14 heavy (non-hydrogen) atoms. The zero-order valence-electron chi connectivity index (χ0n) is 7.79. The fraction of sp³-hybridized carbons (Fsp3) is 0.273. The van der Waals surface area contributed by atoms with Crippen LogP contribution in [0.5, 0.6) is 0 Å². The molecule has 0 aromatic heterocycles. The molecule has 76 valence electrons. The molecule has 0 atom stereocenters. The van der Waals surface area contributed by atoms with Gasteiger partial charge < -0.3 is 5.73 Å². The Morgan fingerprint density at radius 3 is 2.86 bits per heavy atom. The molecule has 0 saturated carbocycles. The van der Waals surface area contributed by atoms with E-state index in [-0.39, 0.29) is 18.2 Å². The number of hydrogen-bond acceptors (Lipinski definition) is 1. The Morgan fingerprint density at radius 1 is 1.36 bits per heavy atom. The van der Waals surface area contributed by atoms with Gasteiger partial charge in [-0.2, -0.15) is 0 Å². The molecule has 0 heterocycles. The summed E-state index contributed by atoms with van der Waals surface area (Å²) in [6.07, 6.45) is 4.04. The lowest BCUT2D eigenvalue weighted by Crippen LogP contribution is -2.08. The van der Waals surface area contributed by atoms with Crippen LogP contribution in [0.1, 0.15) is 17.5 Å². The first-order valence-electron chi connectivity index (χ1n) is 4.49. The summed E-state index contributed by atoms with van der Waals surface area (Å²) in [6, 6.07) is 4.92. The van der Waals surface area contributed by atoms with E-state index in [1.165, 1.54) is 6.07 Å². The molecule has 0 spiro atoms. The zero-order chi connectivity index (χ0) is 9.26. The Kier molecular flexibility index (Phi) is 3.67. The van der Waals surface area contributed by atoms with Crippen LogP contribution in [-0.4, -0.2) is 6.54 Å². The van der Waals surface area contributed by atoms with Gasteiger partial charge in [-0.15, -0.1) is 12.4 Å². The first kappa shape index (κ1) is 11.2. The molecule has 0 amide bonds. The van der Waals surface area contributed by atoms with Gasteiger partial charge in [0.2, 0.25) is 0 Å². The van der Waals surface area contributed by atoms with Crippen molar-refractivity contribution in [2.75, 3.05) is 6.54 Å². The summed E-state index contributed by atoms with van der Waals surface area (Å²) in [5, 5.41) is 0. The highest BCUT2D eigenvalue weighted by Crippen LogP contribution is 2.25. The second-order valence-corrected chi connectivity index (χ2v) is 3.27. The smallest absolute Gasteiger partial charge is 0.123 e. The minimum atomic E-state index is -0.156. The average Bonchev–Trinajstić information content (AvgIpc) is 2.16. The van der Waals surface area contributed by atoms with Crippen LogP contribution < -0.4 is 5.73 Å². The number of aryl methyl sites for hydroxylation is 1. The molecule has 1 aromatic rings. The first-order valence-corrected chi connectivity index (χ1v) is 4.49. The van der Waals surface area contributed by atoms with E-state index < -0.39 is 0 Å². The lowest BCUT2D eigenvalue weighted by molar-refractivity contribution is 0.624. The van der Waals surface area contributed by atoms with Crippen LogP contribution in [-0.2, 0) is 6.42 Å². The first-order chi connectivity index (χ1) is 6.31. The minimum absolute atomic E-state index is 0. The van der Waals surface area contributed by atoms with Crippen molar-refractivity contribution >= 4 is 18.0 Å². The molecule has 1 aromatic carbocycles. The van der Waals surface area contributed by atoms with Crippen LogP contribution >= 0.6 is 12.4 Å². The topological polar surface area (TPSA) is 26.0 Å². The third kappa shape index (κ3) is 1.97. The van der Waals surface area contributed by atoms with Crippen LogP contribution in [0.3, 0.4) is 0 Å². The predicted molar refractivity (Wildman–Crippen MR) is 59.0 cm³/mol. The summed E-state index contributed by atoms with van der Waals surface area (Å²) in [5.74, 6) is -0.156. The highest BCUT2D eigenvalue weighted by atomic mass is 35.5. The molecule has 0 unspecified atom stereocenters. The van der Waals surface area contributed by atoms with Crippen molar-refractivity contribution in [2.45, 2.75) is 12.8 Å². The summed E-state index contributed by atoms with van der Waals surface area (Å²) in [7, 11) is 0. The average molecular weight is 214 g/mol. The largest absolute Gasteiger partial charge is 0.326 e. The SMILES string of the molecule is Cl.NCC1=CCCc2cc(F)ccc21. The lowest BCUT2D eigenvalue weighted by Gasteiger charge is -2.16. The molecule has 0 radical (unpaired) electrons. The van der Waals surface area contributed by atoms with Gasteiger partial charge in [-0.05, 0) is 41.7 Å². The van der Waals surface area contributed by atoms with Gasteiger partial charge >= 0.3 is 0 Å². The maximum absolute atomic E-state index is 12.9. The van der Waals surface area contributed by atoms with Gasteiger partial charge in [0.05, 0.1) is 0 Å². The van der Waals surface area contributed by atoms with Crippen molar-refractivity contribution < 1.29 is 4.39 Å². The Hall–Kier alpha value is -0.860. The highest BCUT2D eigenvalue weighted by molar-refractivity contribution is 5.85. The third-order valence-corrected chi connectivity index (χ3v) is 2.44. The van der Waals surface area contributed by atoms with Crippen molar-refractivity contribution in [2.24, 2.45) is 5.73 Å². The van der Waals surface area contributed by atoms with Gasteiger partial charge in [0.1, 0.15) is 5.82 Å². The van der Waals surface area contributed by atoms with Crippen LogP contribution in [0, 0.1) is 5.82 Å². The molecule has 1 aliphatic rings. The summed E-state index contributed by atoms with van der Waals surface area (Å²) in [6.45, 7) is 0.540. The fourth-order valence-corrected chi connectivity index (χ4v) is 1.79. The van der Waals surface area contributed by atoms with E-state index in [4.69, 9.17) is 5.73 Å². The van der Waals surface area contributed by atoms with Crippen LogP contribution in [0.25, 0.3) is 5.57 Å². The summed E-state index contributed by atoms with van der Waals surface area (Å²) in [4.78, 5) is 0. The van der Waals surface area contributed by atoms with Gasteiger partial charge in [0.25, 0.3) is 0 Å². The monoisotopic (exact) mass is 213 g/mol. The lowest BCUT2D eigenvalue weighted by atomic mass is 9.91. The van der Waals surface area contributed by atoms with Crippen molar-refractivity contribution in [3.63, 3.8) is 0 Å². The van der Waals surface area contributed by atoms with Crippen LogP contribution in [0.4, 0.5) is 4.39 Å². The highest BCUT2D eigenvalue weighted by Gasteiger charge is 2.11. The van der Waals surface area contributed by atoms with Gasteiger partial charge in [0, 0.05) is 6.54 Å². The third-order valence-electron chi connectivity index (χ3n) is 2.44. The molecular weight excluding hydrogens is 201 g/mol. The Morgan fingerprint density at radius 2 is 2.14 bits per heavy atom. The van der Waals surface area contributed by atoms with Crippen molar-refractivity contribution in [3.8, 4) is 0 Å². The second-order valence-electron chi connectivity index (χ2n) is 3.27. The van der Waals surface area contributed by atoms with Crippen LogP contribution in [0.2, 0.25) is 0 Å². The van der Waals surface area contributed by atoms with Gasteiger partial charge in [-0.1, -0.05) is 12.1 Å². The molecule has 2 rings (SSSR count). The molecule has 0 aliphatic heterocycles. The zero-order valence-corrected chi connectivity index (χ0v) is 8.61. The normalized spacial score (nSPS) is 14.0. The standard InChI is InChI=1S/C11H12FN.ClH/c12-10-4-5-11-8(6-10)2-1-3-9(11)7-13;/h3-6H,1-2,7,13H2;1H. The fourth-order valence-electron chi connectivity index (χ4n) is 1.79. The molecule has 1 aliphatic carbocycles. The molecule has 0 fully saturated rings. The summed E-state index contributed by atoms with van der Waals surface area (Å²) < 4.78 is 12.9. The maximum Gasteiger partial charge on any atom is 0.123 e.